The van der Waals surface area contributed by atoms with Gasteiger partial charge in [0, 0.05) is 12.5 Å². The van der Waals surface area contributed by atoms with E-state index in [4.69, 9.17) is 16.7 Å². The second-order valence-electron chi connectivity index (χ2n) is 3.19. The van der Waals surface area contributed by atoms with Gasteiger partial charge in [0.2, 0.25) is 0 Å². The number of halogens is 1. The van der Waals surface area contributed by atoms with E-state index in [1.54, 1.807) is 0 Å². The summed E-state index contributed by atoms with van der Waals surface area (Å²) < 4.78 is 0. The van der Waals surface area contributed by atoms with Crippen molar-refractivity contribution in [2.75, 3.05) is 12.5 Å². The standard InChI is InChI=1S/C9H19ClO/c1-9(8-10)6-4-2-3-5-7-11/h9,11H,2-8H2,1H3. The van der Waals surface area contributed by atoms with Crippen LogP contribution in [0.4, 0.5) is 0 Å². The molecule has 0 fully saturated rings. The third-order valence-electron chi connectivity index (χ3n) is 1.87. The van der Waals surface area contributed by atoms with Gasteiger partial charge in [-0.25, -0.2) is 0 Å². The van der Waals surface area contributed by atoms with E-state index < -0.39 is 0 Å². The fraction of sp³-hybridized carbons (Fsp3) is 1.00. The molecule has 1 N–H and O–H groups in total. The monoisotopic (exact) mass is 178 g/mol. The number of hydrogen-bond acceptors (Lipinski definition) is 1. The summed E-state index contributed by atoms with van der Waals surface area (Å²) >= 11 is 5.65. The van der Waals surface area contributed by atoms with Crippen LogP contribution in [0.3, 0.4) is 0 Å². The van der Waals surface area contributed by atoms with E-state index in [1.807, 2.05) is 0 Å². The van der Waals surface area contributed by atoms with Crippen molar-refractivity contribution in [1.82, 2.24) is 0 Å². The molecule has 68 valence electrons. The van der Waals surface area contributed by atoms with Gasteiger partial charge in [0.1, 0.15) is 0 Å². The fourth-order valence-electron chi connectivity index (χ4n) is 1.04. The zero-order valence-electron chi connectivity index (χ0n) is 7.35. The van der Waals surface area contributed by atoms with Crippen LogP contribution in [-0.2, 0) is 0 Å². The molecule has 0 aromatic heterocycles. The lowest BCUT2D eigenvalue weighted by Gasteiger charge is -2.05. The first-order chi connectivity index (χ1) is 5.31. The zero-order chi connectivity index (χ0) is 8.53. The van der Waals surface area contributed by atoms with Gasteiger partial charge in [-0.1, -0.05) is 26.2 Å². The summed E-state index contributed by atoms with van der Waals surface area (Å²) in [7, 11) is 0. The van der Waals surface area contributed by atoms with Crippen LogP contribution in [0.25, 0.3) is 0 Å². The average molecular weight is 179 g/mol. The Morgan fingerprint density at radius 3 is 2.36 bits per heavy atom. The van der Waals surface area contributed by atoms with Gasteiger partial charge in [-0.2, -0.15) is 0 Å². The third kappa shape index (κ3) is 8.15. The minimum absolute atomic E-state index is 0.338. The SMILES string of the molecule is CC(CCl)CCCCCCO. The summed E-state index contributed by atoms with van der Waals surface area (Å²) in [6.07, 6.45) is 5.84. The van der Waals surface area contributed by atoms with Crippen molar-refractivity contribution < 1.29 is 5.11 Å². The molecule has 0 amide bonds. The van der Waals surface area contributed by atoms with E-state index >= 15 is 0 Å². The van der Waals surface area contributed by atoms with E-state index in [2.05, 4.69) is 6.92 Å². The van der Waals surface area contributed by atoms with Crippen molar-refractivity contribution in [3.8, 4) is 0 Å². The highest BCUT2D eigenvalue weighted by Crippen LogP contribution is 2.11. The molecule has 2 heteroatoms. The Kier molecular flexibility index (Phi) is 8.54. The molecule has 0 aromatic rings. The van der Waals surface area contributed by atoms with Crippen molar-refractivity contribution in [2.24, 2.45) is 5.92 Å². The van der Waals surface area contributed by atoms with Gasteiger partial charge in [0.05, 0.1) is 0 Å². The summed E-state index contributed by atoms with van der Waals surface area (Å²) in [5.74, 6) is 1.44. The average Bonchev–Trinajstić information content (AvgIpc) is 2.04. The van der Waals surface area contributed by atoms with Gasteiger partial charge < -0.3 is 5.11 Å². The minimum atomic E-state index is 0.338. The number of aliphatic hydroxyl groups is 1. The molecule has 11 heavy (non-hydrogen) atoms. The first-order valence-electron chi connectivity index (χ1n) is 4.48. The summed E-state index contributed by atoms with van der Waals surface area (Å²) in [5.41, 5.74) is 0. The first-order valence-corrected chi connectivity index (χ1v) is 5.01. The zero-order valence-corrected chi connectivity index (χ0v) is 8.11. The number of rotatable bonds is 7. The summed E-state index contributed by atoms with van der Waals surface area (Å²) in [4.78, 5) is 0. The van der Waals surface area contributed by atoms with Gasteiger partial charge in [-0.05, 0) is 18.8 Å². The van der Waals surface area contributed by atoms with Crippen LogP contribution in [0.5, 0.6) is 0 Å². The van der Waals surface area contributed by atoms with Crippen molar-refractivity contribution in [3.63, 3.8) is 0 Å². The van der Waals surface area contributed by atoms with Crippen molar-refractivity contribution in [1.29, 1.82) is 0 Å². The van der Waals surface area contributed by atoms with Crippen LogP contribution in [0, 0.1) is 5.92 Å². The van der Waals surface area contributed by atoms with E-state index in [-0.39, 0.29) is 0 Å². The lowest BCUT2D eigenvalue weighted by atomic mass is 10.0. The Balaban J connectivity index is 2.89. The minimum Gasteiger partial charge on any atom is -0.396 e. The summed E-state index contributed by atoms with van der Waals surface area (Å²) in [5, 5.41) is 8.50. The highest BCUT2D eigenvalue weighted by molar-refractivity contribution is 6.18. The molecule has 0 aliphatic carbocycles. The van der Waals surface area contributed by atoms with Crippen LogP contribution in [0.15, 0.2) is 0 Å². The van der Waals surface area contributed by atoms with Crippen LogP contribution < -0.4 is 0 Å². The lowest BCUT2D eigenvalue weighted by molar-refractivity contribution is 0.282. The summed E-state index contributed by atoms with van der Waals surface area (Å²) in [6.45, 7) is 2.52. The number of unbranched alkanes of at least 4 members (excludes halogenated alkanes) is 3. The maximum absolute atomic E-state index is 8.50. The Morgan fingerprint density at radius 2 is 1.82 bits per heavy atom. The quantitative estimate of drug-likeness (QED) is 0.470. The molecule has 0 bridgehead atoms. The topological polar surface area (TPSA) is 20.2 Å². The molecule has 1 atom stereocenters. The van der Waals surface area contributed by atoms with Gasteiger partial charge in [0.15, 0.2) is 0 Å². The molecule has 0 radical (unpaired) electrons. The molecule has 1 nitrogen and oxygen atoms in total. The maximum Gasteiger partial charge on any atom is 0.0431 e. The predicted octanol–water partition coefficient (Wildman–Crippen LogP) is 2.80. The Labute approximate surface area is 74.8 Å². The molecule has 0 heterocycles. The second kappa shape index (κ2) is 8.35. The van der Waals surface area contributed by atoms with E-state index in [0.29, 0.717) is 12.5 Å². The molecule has 0 saturated carbocycles. The van der Waals surface area contributed by atoms with Gasteiger partial charge in [-0.3, -0.25) is 0 Å². The largest absolute Gasteiger partial charge is 0.396 e. The lowest BCUT2D eigenvalue weighted by Crippen LogP contribution is -1.95. The molecular formula is C9H19ClO. The number of alkyl halides is 1. The number of aliphatic hydroxyl groups excluding tert-OH is 1. The van der Waals surface area contributed by atoms with E-state index in [0.717, 1.165) is 18.7 Å². The first kappa shape index (κ1) is 11.2. The highest BCUT2D eigenvalue weighted by atomic mass is 35.5. The van der Waals surface area contributed by atoms with Crippen LogP contribution >= 0.6 is 11.6 Å². The molecule has 0 spiro atoms. The van der Waals surface area contributed by atoms with E-state index in [9.17, 15) is 0 Å². The normalized spacial score (nSPS) is 13.4. The van der Waals surface area contributed by atoms with Crippen molar-refractivity contribution >= 4 is 11.6 Å². The Morgan fingerprint density at radius 1 is 1.18 bits per heavy atom. The molecular weight excluding hydrogens is 160 g/mol. The Hall–Kier alpha value is 0.250. The molecule has 1 unspecified atom stereocenters. The molecule has 0 aromatic carbocycles. The maximum atomic E-state index is 8.50. The second-order valence-corrected chi connectivity index (χ2v) is 3.49. The van der Waals surface area contributed by atoms with Crippen LogP contribution in [0.2, 0.25) is 0 Å². The molecule has 0 rings (SSSR count). The van der Waals surface area contributed by atoms with Crippen LogP contribution in [-0.4, -0.2) is 17.6 Å². The third-order valence-corrected chi connectivity index (χ3v) is 2.40. The fourth-order valence-corrected chi connectivity index (χ4v) is 1.19. The van der Waals surface area contributed by atoms with Gasteiger partial charge in [0.25, 0.3) is 0 Å². The van der Waals surface area contributed by atoms with E-state index in [1.165, 1.54) is 19.3 Å². The molecule has 0 saturated heterocycles. The van der Waals surface area contributed by atoms with Gasteiger partial charge in [-0.15, -0.1) is 11.6 Å². The molecule has 0 aliphatic heterocycles. The van der Waals surface area contributed by atoms with Crippen LogP contribution in [0.1, 0.15) is 39.0 Å². The van der Waals surface area contributed by atoms with Crippen molar-refractivity contribution in [2.45, 2.75) is 39.0 Å². The molecule has 0 aliphatic rings. The summed E-state index contributed by atoms with van der Waals surface area (Å²) in [6, 6.07) is 0. The smallest absolute Gasteiger partial charge is 0.0431 e. The predicted molar refractivity (Wildman–Crippen MR) is 50.1 cm³/mol. The Bertz CT molecular complexity index is 76.0. The number of hydrogen-bond donors (Lipinski definition) is 1. The van der Waals surface area contributed by atoms with Crippen molar-refractivity contribution in [3.05, 3.63) is 0 Å². The van der Waals surface area contributed by atoms with Gasteiger partial charge >= 0.3 is 0 Å². The highest BCUT2D eigenvalue weighted by Gasteiger charge is 1.98.